The van der Waals surface area contributed by atoms with Crippen LogP contribution in [0.3, 0.4) is 0 Å². The Morgan fingerprint density at radius 2 is 2.16 bits per heavy atom. The van der Waals surface area contributed by atoms with Crippen molar-refractivity contribution in [2.45, 2.75) is 27.2 Å². The number of benzene rings is 1. The van der Waals surface area contributed by atoms with E-state index < -0.39 is 0 Å². The first-order valence-electron chi connectivity index (χ1n) is 8.27. The SMILES string of the molecule is CCc1cccc2c(C=NNc3ncnc4sc(C)c(C)c34)c[nH]c12. The molecule has 25 heavy (non-hydrogen) atoms. The molecule has 0 aliphatic carbocycles. The smallest absolute Gasteiger partial charge is 0.158 e. The number of hydrazone groups is 1. The number of rotatable bonds is 4. The Balaban J connectivity index is 1.66. The number of aromatic nitrogens is 3. The Morgan fingerprint density at radius 1 is 1.28 bits per heavy atom. The van der Waals surface area contributed by atoms with Gasteiger partial charge in [0, 0.05) is 27.5 Å². The molecule has 4 aromatic rings. The molecule has 0 spiro atoms. The molecule has 0 radical (unpaired) electrons. The maximum absolute atomic E-state index is 4.41. The third-order valence-corrected chi connectivity index (χ3v) is 5.67. The van der Waals surface area contributed by atoms with E-state index >= 15 is 0 Å². The van der Waals surface area contributed by atoms with Gasteiger partial charge >= 0.3 is 0 Å². The van der Waals surface area contributed by atoms with Gasteiger partial charge in [0.05, 0.1) is 11.6 Å². The summed E-state index contributed by atoms with van der Waals surface area (Å²) in [5.41, 5.74) is 7.84. The minimum atomic E-state index is 0.747. The number of fused-ring (bicyclic) bond motifs is 2. The van der Waals surface area contributed by atoms with Crippen LogP contribution in [-0.2, 0) is 6.42 Å². The van der Waals surface area contributed by atoms with Crippen LogP contribution in [0, 0.1) is 13.8 Å². The second kappa shape index (κ2) is 6.29. The maximum Gasteiger partial charge on any atom is 0.158 e. The monoisotopic (exact) mass is 349 g/mol. The summed E-state index contributed by atoms with van der Waals surface area (Å²) < 4.78 is 0. The summed E-state index contributed by atoms with van der Waals surface area (Å²) in [5.74, 6) is 0.747. The molecule has 1 aromatic carbocycles. The number of aromatic amines is 1. The third-order valence-electron chi connectivity index (χ3n) is 4.55. The Morgan fingerprint density at radius 3 is 3.00 bits per heavy atom. The minimum absolute atomic E-state index is 0.747. The van der Waals surface area contributed by atoms with Crippen LogP contribution >= 0.6 is 11.3 Å². The van der Waals surface area contributed by atoms with Gasteiger partial charge in [-0.05, 0) is 31.4 Å². The lowest BCUT2D eigenvalue weighted by Gasteiger charge is -2.02. The van der Waals surface area contributed by atoms with Crippen molar-refractivity contribution in [3.63, 3.8) is 0 Å². The number of nitrogens with one attached hydrogen (secondary N) is 2. The lowest BCUT2D eigenvalue weighted by molar-refractivity contribution is 1.15. The number of aryl methyl sites for hydroxylation is 3. The van der Waals surface area contributed by atoms with Crippen molar-refractivity contribution in [3.8, 4) is 0 Å². The fourth-order valence-corrected chi connectivity index (χ4v) is 4.07. The highest BCUT2D eigenvalue weighted by Crippen LogP contribution is 2.32. The third kappa shape index (κ3) is 2.68. The first kappa shape index (κ1) is 15.8. The van der Waals surface area contributed by atoms with Crippen molar-refractivity contribution in [1.82, 2.24) is 15.0 Å². The molecule has 3 aromatic heterocycles. The summed E-state index contributed by atoms with van der Waals surface area (Å²) in [6.45, 7) is 6.36. The van der Waals surface area contributed by atoms with E-state index in [1.54, 1.807) is 17.7 Å². The van der Waals surface area contributed by atoms with Gasteiger partial charge < -0.3 is 4.98 Å². The zero-order valence-electron chi connectivity index (χ0n) is 14.4. The lowest BCUT2D eigenvalue weighted by atomic mass is 10.1. The van der Waals surface area contributed by atoms with Crippen LogP contribution in [-0.4, -0.2) is 21.2 Å². The van der Waals surface area contributed by atoms with Crippen LogP contribution in [0.1, 0.15) is 28.5 Å². The molecule has 0 saturated heterocycles. The zero-order valence-corrected chi connectivity index (χ0v) is 15.2. The Hall–Kier alpha value is -2.73. The molecular formula is C19H19N5S. The van der Waals surface area contributed by atoms with Crippen molar-refractivity contribution in [2.24, 2.45) is 5.10 Å². The van der Waals surface area contributed by atoms with Crippen molar-refractivity contribution >= 4 is 44.5 Å². The van der Waals surface area contributed by atoms with Crippen LogP contribution in [0.2, 0.25) is 0 Å². The van der Waals surface area contributed by atoms with Gasteiger partial charge in [0.2, 0.25) is 0 Å². The molecule has 5 nitrogen and oxygen atoms in total. The van der Waals surface area contributed by atoms with Crippen molar-refractivity contribution in [1.29, 1.82) is 0 Å². The average molecular weight is 349 g/mol. The van der Waals surface area contributed by atoms with Gasteiger partial charge in [0.15, 0.2) is 5.82 Å². The van der Waals surface area contributed by atoms with E-state index in [1.807, 2.05) is 12.4 Å². The van der Waals surface area contributed by atoms with Crippen LogP contribution in [0.25, 0.3) is 21.1 Å². The Bertz CT molecular complexity index is 1090. The highest BCUT2D eigenvalue weighted by atomic mass is 32.1. The first-order chi connectivity index (χ1) is 12.2. The van der Waals surface area contributed by atoms with E-state index in [9.17, 15) is 0 Å². The number of H-pyrrole nitrogens is 1. The molecule has 0 amide bonds. The van der Waals surface area contributed by atoms with E-state index in [-0.39, 0.29) is 0 Å². The number of nitrogens with zero attached hydrogens (tertiary/aromatic N) is 3. The van der Waals surface area contributed by atoms with E-state index in [0.717, 1.165) is 28.0 Å². The van der Waals surface area contributed by atoms with Gasteiger partial charge in [-0.2, -0.15) is 5.10 Å². The minimum Gasteiger partial charge on any atom is -0.360 e. The molecule has 3 heterocycles. The van der Waals surface area contributed by atoms with Crippen molar-refractivity contribution in [3.05, 3.63) is 52.3 Å². The lowest BCUT2D eigenvalue weighted by Crippen LogP contribution is -1.95. The first-order valence-corrected chi connectivity index (χ1v) is 9.09. The van der Waals surface area contributed by atoms with E-state index in [1.165, 1.54) is 26.9 Å². The Labute approximate surface area is 149 Å². The molecule has 0 saturated carbocycles. The fourth-order valence-electron chi connectivity index (χ4n) is 3.07. The van der Waals surface area contributed by atoms with Gasteiger partial charge in [-0.15, -0.1) is 11.3 Å². The van der Waals surface area contributed by atoms with Gasteiger partial charge in [-0.25, -0.2) is 9.97 Å². The molecule has 126 valence electrons. The van der Waals surface area contributed by atoms with Crippen LogP contribution in [0.15, 0.2) is 35.8 Å². The molecule has 0 bridgehead atoms. The largest absolute Gasteiger partial charge is 0.360 e. The predicted octanol–water partition coefficient (Wildman–Crippen LogP) is 4.80. The van der Waals surface area contributed by atoms with Gasteiger partial charge in [-0.3, -0.25) is 5.43 Å². The molecule has 0 aliphatic rings. The highest BCUT2D eigenvalue weighted by Gasteiger charge is 2.11. The second-order valence-electron chi connectivity index (χ2n) is 5.99. The second-order valence-corrected chi connectivity index (χ2v) is 7.20. The molecule has 0 fully saturated rings. The number of anilines is 1. The number of hydrogen-bond acceptors (Lipinski definition) is 5. The number of thiophene rings is 1. The molecule has 0 atom stereocenters. The average Bonchev–Trinajstić information content (AvgIpc) is 3.17. The van der Waals surface area contributed by atoms with Gasteiger partial charge in [0.1, 0.15) is 11.2 Å². The molecule has 4 rings (SSSR count). The Kier molecular flexibility index (Phi) is 3.97. The van der Waals surface area contributed by atoms with E-state index in [4.69, 9.17) is 0 Å². The van der Waals surface area contributed by atoms with Gasteiger partial charge in [0.25, 0.3) is 0 Å². The van der Waals surface area contributed by atoms with Crippen LogP contribution in [0.5, 0.6) is 0 Å². The van der Waals surface area contributed by atoms with E-state index in [2.05, 4.69) is 64.4 Å². The zero-order chi connectivity index (χ0) is 17.4. The summed E-state index contributed by atoms with van der Waals surface area (Å²) in [7, 11) is 0. The summed E-state index contributed by atoms with van der Waals surface area (Å²) in [4.78, 5) is 14.3. The van der Waals surface area contributed by atoms with Crippen LogP contribution < -0.4 is 5.43 Å². The van der Waals surface area contributed by atoms with Crippen molar-refractivity contribution in [2.75, 3.05) is 5.43 Å². The normalized spacial score (nSPS) is 11.8. The fraction of sp³-hybridized carbons (Fsp3) is 0.211. The summed E-state index contributed by atoms with van der Waals surface area (Å²) in [5, 5.41) is 6.64. The quantitative estimate of drug-likeness (QED) is 0.411. The number of para-hydroxylation sites is 1. The van der Waals surface area contributed by atoms with E-state index in [0.29, 0.717) is 0 Å². The molecule has 2 N–H and O–H groups in total. The van der Waals surface area contributed by atoms with Crippen LogP contribution in [0.4, 0.5) is 5.82 Å². The summed E-state index contributed by atoms with van der Waals surface area (Å²) >= 11 is 1.68. The van der Waals surface area contributed by atoms with Gasteiger partial charge in [-0.1, -0.05) is 25.1 Å². The summed E-state index contributed by atoms with van der Waals surface area (Å²) in [6.07, 6.45) is 6.41. The topological polar surface area (TPSA) is 66.0 Å². The van der Waals surface area contributed by atoms with Crippen molar-refractivity contribution < 1.29 is 0 Å². The molecule has 0 aliphatic heterocycles. The summed E-state index contributed by atoms with van der Waals surface area (Å²) in [6, 6.07) is 6.35. The molecule has 0 unspecified atom stereocenters. The maximum atomic E-state index is 4.41. The predicted molar refractivity (Wildman–Crippen MR) is 106 cm³/mol. The molecule has 6 heteroatoms. The molecular weight excluding hydrogens is 330 g/mol. The number of hydrogen-bond donors (Lipinski definition) is 2. The highest BCUT2D eigenvalue weighted by molar-refractivity contribution is 7.18. The standard InChI is InChI=1S/C19H19N5S/c1-4-13-6-5-7-15-14(8-20-17(13)15)9-23-24-18-16-11(2)12(3)25-19(16)22-10-21-18/h5-10,20H,4H2,1-3H3,(H,21,22,24).